The fourth-order valence-corrected chi connectivity index (χ4v) is 1.71. The van der Waals surface area contributed by atoms with Gasteiger partial charge in [-0.3, -0.25) is 0 Å². The van der Waals surface area contributed by atoms with Crippen LogP contribution in [0.3, 0.4) is 0 Å². The summed E-state index contributed by atoms with van der Waals surface area (Å²) in [5.41, 5.74) is 0. The van der Waals surface area contributed by atoms with Gasteiger partial charge in [0.15, 0.2) is 0 Å². The molecule has 0 radical (unpaired) electrons. The van der Waals surface area contributed by atoms with Gasteiger partial charge >= 0.3 is 0 Å². The maximum atomic E-state index is 5.68. The standard InChI is InChI=1S/C6H8ClNS/c1-8-3-6-2-5(7)4-9-6/h2,4,8H,3H2,1H3. The summed E-state index contributed by atoms with van der Waals surface area (Å²) in [6.07, 6.45) is 0. The Labute approximate surface area is 63.7 Å². The van der Waals surface area contributed by atoms with Gasteiger partial charge in [0.1, 0.15) is 0 Å². The van der Waals surface area contributed by atoms with Crippen LogP contribution in [0.4, 0.5) is 0 Å². The van der Waals surface area contributed by atoms with E-state index in [0.29, 0.717) is 0 Å². The molecule has 1 aromatic heterocycles. The van der Waals surface area contributed by atoms with Crippen molar-refractivity contribution in [2.24, 2.45) is 0 Å². The Morgan fingerprint density at radius 2 is 2.56 bits per heavy atom. The lowest BCUT2D eigenvalue weighted by Gasteiger charge is -1.89. The minimum absolute atomic E-state index is 0.838. The zero-order valence-electron chi connectivity index (χ0n) is 5.15. The van der Waals surface area contributed by atoms with Crippen LogP contribution in [-0.2, 0) is 6.54 Å². The summed E-state index contributed by atoms with van der Waals surface area (Å²) in [6.45, 7) is 0.914. The smallest absolute Gasteiger partial charge is 0.0516 e. The Morgan fingerprint density at radius 1 is 1.78 bits per heavy atom. The van der Waals surface area contributed by atoms with Gasteiger partial charge in [0, 0.05) is 16.8 Å². The Balaban J connectivity index is 2.61. The predicted molar refractivity (Wildman–Crippen MR) is 42.1 cm³/mol. The molecule has 1 heterocycles. The van der Waals surface area contributed by atoms with Crippen LogP contribution in [0.15, 0.2) is 11.4 Å². The number of thiophene rings is 1. The van der Waals surface area contributed by atoms with E-state index >= 15 is 0 Å². The number of rotatable bonds is 2. The lowest BCUT2D eigenvalue weighted by molar-refractivity contribution is 0.831. The molecule has 1 rings (SSSR count). The topological polar surface area (TPSA) is 12.0 Å². The second-order valence-corrected chi connectivity index (χ2v) is 3.19. The molecule has 0 atom stereocenters. The van der Waals surface area contributed by atoms with Crippen molar-refractivity contribution in [3.63, 3.8) is 0 Å². The van der Waals surface area contributed by atoms with E-state index in [-0.39, 0.29) is 0 Å². The number of hydrogen-bond acceptors (Lipinski definition) is 2. The fourth-order valence-electron chi connectivity index (χ4n) is 0.621. The van der Waals surface area contributed by atoms with E-state index < -0.39 is 0 Å². The molecule has 0 saturated carbocycles. The summed E-state index contributed by atoms with van der Waals surface area (Å²) in [4.78, 5) is 1.28. The molecule has 0 fully saturated rings. The van der Waals surface area contributed by atoms with Gasteiger partial charge in [0.25, 0.3) is 0 Å². The quantitative estimate of drug-likeness (QED) is 0.701. The van der Waals surface area contributed by atoms with E-state index in [0.717, 1.165) is 11.6 Å². The van der Waals surface area contributed by atoms with E-state index in [2.05, 4.69) is 5.32 Å². The van der Waals surface area contributed by atoms with Crippen molar-refractivity contribution in [2.75, 3.05) is 7.05 Å². The van der Waals surface area contributed by atoms with Crippen molar-refractivity contribution in [3.8, 4) is 0 Å². The largest absolute Gasteiger partial charge is 0.315 e. The Bertz CT molecular complexity index is 185. The van der Waals surface area contributed by atoms with Crippen LogP contribution < -0.4 is 5.32 Å². The highest BCUT2D eigenvalue weighted by Gasteiger charge is 1.93. The second-order valence-electron chi connectivity index (χ2n) is 1.76. The van der Waals surface area contributed by atoms with Crippen molar-refractivity contribution >= 4 is 22.9 Å². The molecule has 0 aromatic carbocycles. The predicted octanol–water partition coefficient (Wildman–Crippen LogP) is 2.12. The first-order valence-corrected chi connectivity index (χ1v) is 3.96. The van der Waals surface area contributed by atoms with Crippen LogP contribution in [0.2, 0.25) is 5.02 Å². The monoisotopic (exact) mass is 161 g/mol. The molecular formula is C6H8ClNS. The van der Waals surface area contributed by atoms with E-state index in [9.17, 15) is 0 Å². The van der Waals surface area contributed by atoms with Gasteiger partial charge in [-0.2, -0.15) is 0 Å². The average Bonchev–Trinajstić information content (AvgIpc) is 2.17. The van der Waals surface area contributed by atoms with Gasteiger partial charge in [-0.05, 0) is 13.1 Å². The Morgan fingerprint density at radius 3 is 3.00 bits per heavy atom. The zero-order valence-corrected chi connectivity index (χ0v) is 6.72. The van der Waals surface area contributed by atoms with Gasteiger partial charge < -0.3 is 5.32 Å². The first kappa shape index (κ1) is 7.06. The molecule has 50 valence electrons. The molecule has 0 unspecified atom stereocenters. The lowest BCUT2D eigenvalue weighted by atomic mass is 10.5. The fraction of sp³-hybridized carbons (Fsp3) is 0.333. The van der Waals surface area contributed by atoms with Crippen LogP contribution in [0.1, 0.15) is 4.88 Å². The average molecular weight is 162 g/mol. The highest BCUT2D eigenvalue weighted by molar-refractivity contribution is 7.10. The van der Waals surface area contributed by atoms with Crippen molar-refractivity contribution in [1.29, 1.82) is 0 Å². The van der Waals surface area contributed by atoms with Gasteiger partial charge in [0.2, 0.25) is 0 Å². The van der Waals surface area contributed by atoms with Crippen molar-refractivity contribution in [3.05, 3.63) is 21.3 Å². The molecule has 0 saturated heterocycles. The zero-order chi connectivity index (χ0) is 6.69. The molecule has 3 heteroatoms. The molecule has 0 amide bonds. The van der Waals surface area contributed by atoms with Crippen molar-refractivity contribution < 1.29 is 0 Å². The van der Waals surface area contributed by atoms with Gasteiger partial charge in [-0.25, -0.2) is 0 Å². The first-order valence-electron chi connectivity index (χ1n) is 2.70. The number of hydrogen-bond donors (Lipinski definition) is 1. The van der Waals surface area contributed by atoms with Gasteiger partial charge in [-0.15, -0.1) is 11.3 Å². The van der Waals surface area contributed by atoms with Crippen molar-refractivity contribution in [2.45, 2.75) is 6.54 Å². The molecule has 9 heavy (non-hydrogen) atoms. The summed E-state index contributed by atoms with van der Waals surface area (Å²) >= 11 is 7.36. The molecule has 0 bridgehead atoms. The highest BCUT2D eigenvalue weighted by Crippen LogP contribution is 2.18. The van der Waals surface area contributed by atoms with E-state index in [4.69, 9.17) is 11.6 Å². The molecule has 1 N–H and O–H groups in total. The van der Waals surface area contributed by atoms with Crippen molar-refractivity contribution in [1.82, 2.24) is 5.32 Å². The molecule has 1 aromatic rings. The van der Waals surface area contributed by atoms with Crippen LogP contribution in [-0.4, -0.2) is 7.05 Å². The van der Waals surface area contributed by atoms with Gasteiger partial charge in [0.05, 0.1) is 5.02 Å². The third-order valence-electron chi connectivity index (χ3n) is 0.973. The summed E-state index contributed by atoms with van der Waals surface area (Å²) in [5, 5.41) is 5.83. The Hall–Kier alpha value is -0.0500. The molecule has 1 nitrogen and oxygen atoms in total. The van der Waals surface area contributed by atoms with Gasteiger partial charge in [-0.1, -0.05) is 11.6 Å². The first-order chi connectivity index (χ1) is 4.33. The van der Waals surface area contributed by atoms with E-state index in [1.807, 2.05) is 18.5 Å². The minimum atomic E-state index is 0.838. The number of nitrogens with one attached hydrogen (secondary N) is 1. The molecule has 0 spiro atoms. The normalized spacial score (nSPS) is 10.0. The summed E-state index contributed by atoms with van der Waals surface area (Å²) in [5.74, 6) is 0. The maximum absolute atomic E-state index is 5.68. The Kier molecular flexibility index (Phi) is 2.51. The summed E-state index contributed by atoms with van der Waals surface area (Å²) < 4.78 is 0. The van der Waals surface area contributed by atoms with Crippen LogP contribution >= 0.6 is 22.9 Å². The van der Waals surface area contributed by atoms with Crippen LogP contribution in [0, 0.1) is 0 Å². The van der Waals surface area contributed by atoms with E-state index in [1.54, 1.807) is 11.3 Å². The van der Waals surface area contributed by atoms with Crippen LogP contribution in [0.25, 0.3) is 0 Å². The third-order valence-corrected chi connectivity index (χ3v) is 2.26. The summed E-state index contributed by atoms with van der Waals surface area (Å²) in [7, 11) is 1.92. The third kappa shape index (κ3) is 1.97. The van der Waals surface area contributed by atoms with Crippen LogP contribution in [0.5, 0.6) is 0 Å². The minimum Gasteiger partial charge on any atom is -0.315 e. The second kappa shape index (κ2) is 3.20. The van der Waals surface area contributed by atoms with E-state index in [1.165, 1.54) is 4.88 Å². The maximum Gasteiger partial charge on any atom is 0.0516 e. The molecule has 0 aliphatic carbocycles. The number of halogens is 1. The molecular weight excluding hydrogens is 154 g/mol. The molecule has 0 aliphatic heterocycles. The highest BCUT2D eigenvalue weighted by atomic mass is 35.5. The SMILES string of the molecule is CNCc1cc(Cl)cs1. The molecule has 0 aliphatic rings. The lowest BCUT2D eigenvalue weighted by Crippen LogP contribution is -2.02. The summed E-state index contributed by atoms with van der Waals surface area (Å²) in [6, 6.07) is 1.97.